The van der Waals surface area contributed by atoms with Gasteiger partial charge < -0.3 is 14.1 Å². The molecule has 1 aromatic carbocycles. The van der Waals surface area contributed by atoms with Gasteiger partial charge in [-0.2, -0.15) is 0 Å². The second-order valence-corrected chi connectivity index (χ2v) is 16.0. The van der Waals surface area contributed by atoms with Crippen LogP contribution in [0.5, 0.6) is 0 Å². The molecule has 2 atom stereocenters. The highest BCUT2D eigenvalue weighted by Crippen LogP contribution is 2.39. The van der Waals surface area contributed by atoms with Crippen molar-refractivity contribution < 1.29 is 28.4 Å². The first-order valence-electron chi connectivity index (χ1n) is 11.4. The minimum atomic E-state index is -2.06. The van der Waals surface area contributed by atoms with E-state index in [1.807, 2.05) is 20.8 Å². The molecule has 2 unspecified atom stereocenters. The van der Waals surface area contributed by atoms with Gasteiger partial charge in [0.2, 0.25) is 0 Å². The Hall–Kier alpha value is -2.23. The lowest BCUT2D eigenvalue weighted by Crippen LogP contribution is -2.45. The van der Waals surface area contributed by atoms with Crippen LogP contribution in [0.3, 0.4) is 0 Å². The number of rotatable bonds is 5. The van der Waals surface area contributed by atoms with Crippen molar-refractivity contribution in [3.8, 4) is 0 Å². The second-order valence-electron chi connectivity index (χ2n) is 11.3. The fourth-order valence-electron chi connectivity index (χ4n) is 3.70. The SMILES string of the molecule is CC(C)(C)OC(=O)N1CC(O[Si](C)(C)C(C)(C)C)CC1CON1C(=O)c2ccccc2C1=O. The summed E-state index contributed by atoms with van der Waals surface area (Å²) < 4.78 is 12.2. The Bertz CT molecular complexity index is 899. The predicted molar refractivity (Wildman–Crippen MR) is 126 cm³/mol. The van der Waals surface area contributed by atoms with Gasteiger partial charge in [0.25, 0.3) is 11.8 Å². The summed E-state index contributed by atoms with van der Waals surface area (Å²) in [5.74, 6) is -0.988. The summed E-state index contributed by atoms with van der Waals surface area (Å²) in [7, 11) is -2.06. The fraction of sp³-hybridized carbons (Fsp3) is 0.625. The molecule has 33 heavy (non-hydrogen) atoms. The van der Waals surface area contributed by atoms with Crippen LogP contribution >= 0.6 is 0 Å². The van der Waals surface area contributed by atoms with E-state index in [9.17, 15) is 14.4 Å². The first-order chi connectivity index (χ1) is 15.1. The van der Waals surface area contributed by atoms with Gasteiger partial charge in [0.15, 0.2) is 8.32 Å². The second kappa shape index (κ2) is 8.85. The van der Waals surface area contributed by atoms with E-state index in [0.717, 1.165) is 5.06 Å². The van der Waals surface area contributed by atoms with Gasteiger partial charge in [-0.15, -0.1) is 5.06 Å². The Morgan fingerprint density at radius 1 is 1.03 bits per heavy atom. The lowest BCUT2D eigenvalue weighted by Gasteiger charge is -2.38. The molecule has 3 amide bonds. The molecule has 2 aliphatic heterocycles. The van der Waals surface area contributed by atoms with Crippen LogP contribution in [0.15, 0.2) is 24.3 Å². The Labute approximate surface area is 197 Å². The van der Waals surface area contributed by atoms with Crippen LogP contribution in [0.4, 0.5) is 4.79 Å². The highest BCUT2D eigenvalue weighted by atomic mass is 28.4. The Morgan fingerprint density at radius 3 is 2.06 bits per heavy atom. The molecule has 0 spiro atoms. The highest BCUT2D eigenvalue weighted by molar-refractivity contribution is 6.74. The van der Waals surface area contributed by atoms with Gasteiger partial charge in [-0.25, -0.2) is 4.79 Å². The predicted octanol–water partition coefficient (Wildman–Crippen LogP) is 4.61. The lowest BCUT2D eigenvalue weighted by atomic mass is 10.1. The topological polar surface area (TPSA) is 85.4 Å². The zero-order valence-electron chi connectivity index (χ0n) is 20.9. The van der Waals surface area contributed by atoms with Crippen molar-refractivity contribution >= 4 is 26.2 Å². The molecule has 9 heteroatoms. The smallest absolute Gasteiger partial charge is 0.410 e. The van der Waals surface area contributed by atoms with Crippen LogP contribution in [-0.2, 0) is 14.0 Å². The summed E-state index contributed by atoms with van der Waals surface area (Å²) in [6.07, 6.45) is -0.0939. The maximum absolute atomic E-state index is 12.9. The summed E-state index contributed by atoms with van der Waals surface area (Å²) in [5.41, 5.74) is -0.0160. The number of imide groups is 1. The Kier molecular flexibility index (Phi) is 6.81. The highest BCUT2D eigenvalue weighted by Gasteiger charge is 2.45. The van der Waals surface area contributed by atoms with Crippen LogP contribution in [0.1, 0.15) is 68.7 Å². The van der Waals surface area contributed by atoms with Crippen molar-refractivity contribution in [2.24, 2.45) is 0 Å². The first-order valence-corrected chi connectivity index (χ1v) is 14.3. The van der Waals surface area contributed by atoms with Crippen molar-refractivity contribution in [2.45, 2.75) is 83.8 Å². The van der Waals surface area contributed by atoms with Crippen LogP contribution in [0, 0.1) is 0 Å². The van der Waals surface area contributed by atoms with E-state index >= 15 is 0 Å². The molecule has 8 nitrogen and oxygen atoms in total. The Morgan fingerprint density at radius 2 is 1.58 bits per heavy atom. The number of nitrogens with zero attached hydrogens (tertiary/aromatic N) is 2. The molecule has 0 saturated carbocycles. The van der Waals surface area contributed by atoms with Gasteiger partial charge in [-0.1, -0.05) is 32.9 Å². The third-order valence-corrected chi connectivity index (χ3v) is 11.0. The van der Waals surface area contributed by atoms with E-state index in [0.29, 0.717) is 24.1 Å². The van der Waals surface area contributed by atoms with Crippen molar-refractivity contribution in [3.63, 3.8) is 0 Å². The summed E-state index contributed by atoms with van der Waals surface area (Å²) in [6, 6.07) is 6.23. The van der Waals surface area contributed by atoms with Crippen molar-refractivity contribution in [2.75, 3.05) is 13.2 Å². The van der Waals surface area contributed by atoms with Crippen molar-refractivity contribution in [1.82, 2.24) is 9.96 Å². The number of hydroxylamine groups is 2. The van der Waals surface area contributed by atoms with E-state index < -0.39 is 31.8 Å². The summed E-state index contributed by atoms with van der Waals surface area (Å²) in [5, 5.41) is 0.818. The summed E-state index contributed by atoms with van der Waals surface area (Å²) >= 11 is 0. The van der Waals surface area contributed by atoms with Crippen molar-refractivity contribution in [1.29, 1.82) is 0 Å². The van der Waals surface area contributed by atoms with E-state index in [1.165, 1.54) is 0 Å². The van der Waals surface area contributed by atoms with Gasteiger partial charge in [-0.05, 0) is 57.5 Å². The molecule has 0 N–H and O–H groups in total. The number of benzene rings is 1. The molecular formula is C24H36N2O6Si. The van der Waals surface area contributed by atoms with Gasteiger partial charge in [0.05, 0.1) is 29.9 Å². The summed E-state index contributed by atoms with van der Waals surface area (Å²) in [6.45, 7) is 16.7. The van der Waals surface area contributed by atoms with E-state index in [1.54, 1.807) is 29.2 Å². The number of likely N-dealkylation sites (tertiary alicyclic amines) is 1. The molecule has 182 valence electrons. The molecule has 0 aliphatic carbocycles. The van der Waals surface area contributed by atoms with Gasteiger partial charge in [-0.3, -0.25) is 14.4 Å². The number of amides is 3. The largest absolute Gasteiger partial charge is 0.444 e. The molecule has 0 radical (unpaired) electrons. The van der Waals surface area contributed by atoms with Crippen LogP contribution < -0.4 is 0 Å². The maximum Gasteiger partial charge on any atom is 0.410 e. The average molecular weight is 477 g/mol. The lowest BCUT2D eigenvalue weighted by molar-refractivity contribution is -0.104. The molecule has 0 aromatic heterocycles. The molecule has 2 aliphatic rings. The van der Waals surface area contributed by atoms with Crippen LogP contribution in [0.2, 0.25) is 18.1 Å². The first kappa shape index (κ1) is 25.4. The van der Waals surface area contributed by atoms with E-state index in [2.05, 4.69) is 33.9 Å². The molecule has 1 fully saturated rings. The minimum Gasteiger partial charge on any atom is -0.444 e. The quantitative estimate of drug-likeness (QED) is 0.456. The number of carbonyl (C=O) groups excluding carboxylic acids is 3. The summed E-state index contributed by atoms with van der Waals surface area (Å²) in [4.78, 5) is 45.5. The normalized spacial score (nSPS) is 21.6. The Balaban J connectivity index is 1.74. The monoisotopic (exact) mass is 476 g/mol. The molecule has 1 aromatic rings. The zero-order chi connectivity index (χ0) is 24.8. The number of hydrogen-bond acceptors (Lipinski definition) is 6. The zero-order valence-corrected chi connectivity index (χ0v) is 21.9. The molecule has 0 bridgehead atoms. The van der Waals surface area contributed by atoms with Crippen LogP contribution in [-0.4, -0.2) is 67.1 Å². The van der Waals surface area contributed by atoms with Crippen molar-refractivity contribution in [3.05, 3.63) is 35.4 Å². The molecule has 1 saturated heterocycles. The van der Waals surface area contributed by atoms with Crippen LogP contribution in [0.25, 0.3) is 0 Å². The van der Waals surface area contributed by atoms with Gasteiger partial charge in [0.1, 0.15) is 5.60 Å². The van der Waals surface area contributed by atoms with E-state index in [4.69, 9.17) is 14.0 Å². The molecule has 2 heterocycles. The maximum atomic E-state index is 12.9. The standard InChI is InChI=1S/C24H36N2O6Si/c1-23(2,3)31-22(29)25-14-17(32-33(7,8)24(4,5)6)13-16(25)15-30-26-20(27)18-11-9-10-12-19(18)21(26)28/h9-12,16-17H,13-15H2,1-8H3. The number of fused-ring (bicyclic) bond motifs is 1. The number of carbonyl (C=O) groups is 3. The third kappa shape index (κ3) is 5.47. The van der Waals surface area contributed by atoms with Gasteiger partial charge in [0, 0.05) is 6.54 Å². The van der Waals surface area contributed by atoms with Gasteiger partial charge >= 0.3 is 6.09 Å². The van der Waals surface area contributed by atoms with E-state index in [-0.39, 0.29) is 23.8 Å². The average Bonchev–Trinajstić information content (AvgIpc) is 3.17. The number of hydrogen-bond donors (Lipinski definition) is 0. The minimum absolute atomic E-state index is 0.0118. The number of ether oxygens (including phenoxy) is 1. The third-order valence-electron chi connectivity index (χ3n) is 6.42. The molecular weight excluding hydrogens is 440 g/mol. The molecule has 3 rings (SSSR count). The fourth-order valence-corrected chi connectivity index (χ4v) is 5.06.